The molecular formula is C23H27FN4O. The molecule has 1 aromatic carbocycles. The average molecular weight is 394 g/mol. The molecule has 7 rings (SSSR count). The van der Waals surface area contributed by atoms with Gasteiger partial charge in [-0.1, -0.05) is 5.16 Å². The molecule has 0 saturated heterocycles. The molecule has 3 N–H and O–H groups in total. The van der Waals surface area contributed by atoms with Crippen LogP contribution in [0.1, 0.15) is 61.8 Å². The van der Waals surface area contributed by atoms with Gasteiger partial charge in [0, 0.05) is 23.5 Å². The lowest BCUT2D eigenvalue weighted by Crippen LogP contribution is -2.47. The fourth-order valence-electron chi connectivity index (χ4n) is 6.98. The first kappa shape index (κ1) is 17.6. The van der Waals surface area contributed by atoms with Crippen LogP contribution in [0.2, 0.25) is 0 Å². The zero-order valence-corrected chi connectivity index (χ0v) is 16.5. The Morgan fingerprint density at radius 2 is 1.90 bits per heavy atom. The second-order valence-electron chi connectivity index (χ2n) is 9.96. The van der Waals surface area contributed by atoms with Gasteiger partial charge in [0.05, 0.1) is 6.04 Å². The van der Waals surface area contributed by atoms with E-state index in [1.165, 1.54) is 44.6 Å². The number of hydrogen-bond donors (Lipinski definition) is 2. The molecule has 4 aliphatic rings. The van der Waals surface area contributed by atoms with E-state index in [0.717, 1.165) is 46.5 Å². The molecular weight excluding hydrogens is 367 g/mol. The van der Waals surface area contributed by atoms with Crippen molar-refractivity contribution in [2.45, 2.75) is 57.4 Å². The fraction of sp³-hybridized carbons (Fsp3) is 0.565. The van der Waals surface area contributed by atoms with Crippen molar-refractivity contribution in [2.75, 3.05) is 0 Å². The molecule has 0 spiro atoms. The minimum absolute atomic E-state index is 0.248. The van der Waals surface area contributed by atoms with E-state index in [2.05, 4.69) is 15.1 Å². The summed E-state index contributed by atoms with van der Waals surface area (Å²) in [6.07, 6.45) is 11.6. The van der Waals surface area contributed by atoms with Crippen LogP contribution in [0.25, 0.3) is 10.9 Å². The Bertz CT molecular complexity index is 1020. The van der Waals surface area contributed by atoms with Gasteiger partial charge >= 0.3 is 0 Å². The molecule has 1 atom stereocenters. The molecule has 6 heteroatoms. The summed E-state index contributed by atoms with van der Waals surface area (Å²) in [4.78, 5) is 7.85. The lowest BCUT2D eigenvalue weighted by Gasteiger charge is -2.56. The van der Waals surface area contributed by atoms with Gasteiger partial charge in [-0.3, -0.25) is 0 Å². The van der Waals surface area contributed by atoms with E-state index in [0.29, 0.717) is 17.7 Å². The highest BCUT2D eigenvalue weighted by Gasteiger charge is 2.51. The standard InChI is InChI=1S/C23H27FN4O/c24-17-1-2-20-18(7-17)16(12-26-20)6-19(25)22-27-21(28-29-22)11-23-8-13-3-14(9-23)5-15(4-13)10-23/h1-2,7,12-15,19,26H,3-6,8-11,25H2/t13?,14?,15?,19-,23?/m0/s1. The number of H-pyrrole nitrogens is 1. The summed E-state index contributed by atoms with van der Waals surface area (Å²) in [5, 5.41) is 5.14. The zero-order valence-electron chi connectivity index (χ0n) is 16.5. The predicted octanol–water partition coefficient (Wildman–Crippen LogP) is 4.69. The summed E-state index contributed by atoms with van der Waals surface area (Å²) >= 11 is 0. The minimum Gasteiger partial charge on any atom is -0.361 e. The maximum absolute atomic E-state index is 13.6. The van der Waals surface area contributed by atoms with Gasteiger partial charge in [-0.2, -0.15) is 4.98 Å². The minimum atomic E-state index is -0.394. The number of halogens is 1. The quantitative estimate of drug-likeness (QED) is 0.658. The van der Waals surface area contributed by atoms with E-state index in [4.69, 9.17) is 10.3 Å². The highest BCUT2D eigenvalue weighted by atomic mass is 19.1. The third kappa shape index (κ3) is 3.08. The molecule has 2 heterocycles. The van der Waals surface area contributed by atoms with Gasteiger partial charge in [0.1, 0.15) is 5.82 Å². The summed E-state index contributed by atoms with van der Waals surface area (Å²) in [5.74, 6) is 3.78. The molecule has 29 heavy (non-hydrogen) atoms. The second kappa shape index (κ2) is 6.39. The number of benzene rings is 1. The van der Waals surface area contributed by atoms with Crippen molar-refractivity contribution in [3.8, 4) is 0 Å². The highest BCUT2D eigenvalue weighted by molar-refractivity contribution is 5.83. The Balaban J connectivity index is 1.19. The largest absolute Gasteiger partial charge is 0.361 e. The van der Waals surface area contributed by atoms with E-state index < -0.39 is 6.04 Å². The maximum Gasteiger partial charge on any atom is 0.243 e. The van der Waals surface area contributed by atoms with Crippen molar-refractivity contribution in [3.63, 3.8) is 0 Å². The zero-order chi connectivity index (χ0) is 19.6. The van der Waals surface area contributed by atoms with Crippen LogP contribution >= 0.6 is 0 Å². The Kier molecular flexibility index (Phi) is 3.89. The molecule has 4 bridgehead atoms. The molecule has 0 aliphatic heterocycles. The van der Waals surface area contributed by atoms with Crippen LogP contribution in [0.3, 0.4) is 0 Å². The van der Waals surface area contributed by atoms with Crippen LogP contribution in [-0.2, 0) is 12.8 Å². The molecule has 5 nitrogen and oxygen atoms in total. The number of nitrogens with two attached hydrogens (primary N) is 1. The van der Waals surface area contributed by atoms with Crippen LogP contribution < -0.4 is 5.73 Å². The lowest BCUT2D eigenvalue weighted by molar-refractivity contribution is -0.0533. The first-order valence-corrected chi connectivity index (χ1v) is 10.9. The van der Waals surface area contributed by atoms with Gasteiger partial charge < -0.3 is 15.2 Å². The Hall–Kier alpha value is -2.21. The topological polar surface area (TPSA) is 80.7 Å². The number of aromatic amines is 1. The smallest absolute Gasteiger partial charge is 0.243 e. The highest BCUT2D eigenvalue weighted by Crippen LogP contribution is 2.60. The number of nitrogens with zero attached hydrogens (tertiary/aromatic N) is 2. The number of fused-ring (bicyclic) bond motifs is 1. The van der Waals surface area contributed by atoms with Gasteiger partial charge in [-0.25, -0.2) is 4.39 Å². The van der Waals surface area contributed by atoms with Crippen LogP contribution in [0, 0.1) is 29.0 Å². The molecule has 3 aromatic rings. The third-order valence-corrected chi connectivity index (χ3v) is 7.67. The van der Waals surface area contributed by atoms with Crippen molar-refractivity contribution in [2.24, 2.45) is 28.9 Å². The van der Waals surface area contributed by atoms with E-state index in [9.17, 15) is 4.39 Å². The van der Waals surface area contributed by atoms with Crippen molar-refractivity contribution >= 4 is 10.9 Å². The number of hydrogen-bond acceptors (Lipinski definition) is 4. The molecule has 0 amide bonds. The Morgan fingerprint density at radius 3 is 2.62 bits per heavy atom. The van der Waals surface area contributed by atoms with Gasteiger partial charge in [-0.15, -0.1) is 0 Å². The van der Waals surface area contributed by atoms with Crippen molar-refractivity contribution in [1.82, 2.24) is 15.1 Å². The fourth-order valence-corrected chi connectivity index (χ4v) is 6.98. The van der Waals surface area contributed by atoms with Gasteiger partial charge in [-0.05, 0) is 91.9 Å². The van der Waals surface area contributed by atoms with Crippen molar-refractivity contribution in [1.29, 1.82) is 0 Å². The average Bonchev–Trinajstić information content (AvgIpc) is 3.27. The second-order valence-corrected chi connectivity index (χ2v) is 9.96. The third-order valence-electron chi connectivity index (χ3n) is 7.67. The lowest BCUT2D eigenvalue weighted by atomic mass is 9.49. The van der Waals surface area contributed by atoms with Gasteiger partial charge in [0.2, 0.25) is 5.89 Å². The molecule has 4 aliphatic carbocycles. The number of nitrogens with one attached hydrogen (secondary N) is 1. The Morgan fingerprint density at radius 1 is 1.17 bits per heavy atom. The van der Waals surface area contributed by atoms with E-state index in [1.807, 2.05) is 6.20 Å². The van der Waals surface area contributed by atoms with E-state index in [-0.39, 0.29) is 5.82 Å². The number of rotatable bonds is 5. The van der Waals surface area contributed by atoms with Gasteiger partial charge in [0.25, 0.3) is 0 Å². The molecule has 2 aromatic heterocycles. The first-order valence-electron chi connectivity index (χ1n) is 10.9. The van der Waals surface area contributed by atoms with Crippen molar-refractivity contribution < 1.29 is 8.91 Å². The van der Waals surface area contributed by atoms with E-state index in [1.54, 1.807) is 12.1 Å². The van der Waals surface area contributed by atoms with Gasteiger partial charge in [0.15, 0.2) is 5.82 Å². The summed E-state index contributed by atoms with van der Waals surface area (Å²) in [7, 11) is 0. The molecule has 152 valence electrons. The van der Waals surface area contributed by atoms with Crippen LogP contribution in [0.15, 0.2) is 28.9 Å². The van der Waals surface area contributed by atoms with Crippen LogP contribution in [0.5, 0.6) is 0 Å². The van der Waals surface area contributed by atoms with E-state index >= 15 is 0 Å². The first-order chi connectivity index (χ1) is 14.1. The molecule has 0 radical (unpaired) electrons. The molecule has 4 fully saturated rings. The summed E-state index contributed by atoms with van der Waals surface area (Å²) in [6, 6.07) is 4.35. The summed E-state index contributed by atoms with van der Waals surface area (Å²) in [5.41, 5.74) is 8.64. The monoisotopic (exact) mass is 394 g/mol. The normalized spacial score (nSPS) is 31.6. The SMILES string of the molecule is N[C@@H](Cc1c[nH]c2ccc(F)cc12)c1nc(CC23CC4CC(CC(C4)C2)C3)no1. The summed E-state index contributed by atoms with van der Waals surface area (Å²) in [6.45, 7) is 0. The maximum atomic E-state index is 13.6. The van der Waals surface area contributed by atoms with Crippen LogP contribution in [-0.4, -0.2) is 15.1 Å². The number of aromatic nitrogens is 3. The Labute approximate surface area is 169 Å². The summed E-state index contributed by atoms with van der Waals surface area (Å²) < 4.78 is 19.2. The van der Waals surface area contributed by atoms with Crippen LogP contribution in [0.4, 0.5) is 4.39 Å². The molecule has 0 unspecified atom stereocenters. The molecule has 4 saturated carbocycles. The van der Waals surface area contributed by atoms with Crippen molar-refractivity contribution in [3.05, 3.63) is 47.5 Å². The predicted molar refractivity (Wildman–Crippen MR) is 107 cm³/mol.